The quantitative estimate of drug-likeness (QED) is 0.785. The minimum absolute atomic E-state index is 0.135. The SMILES string of the molecule is NC(CS(=O)(=O)N1CC2CCC1C2)C1CC1. The molecular weight excluding hydrogens is 224 g/mol. The lowest BCUT2D eigenvalue weighted by Gasteiger charge is -2.27. The van der Waals surface area contributed by atoms with E-state index in [0.717, 1.165) is 32.2 Å². The molecule has 3 unspecified atom stereocenters. The van der Waals surface area contributed by atoms with Gasteiger partial charge in [-0.3, -0.25) is 0 Å². The van der Waals surface area contributed by atoms with Crippen LogP contribution in [0.5, 0.6) is 0 Å². The Morgan fingerprint density at radius 3 is 2.50 bits per heavy atom. The maximum absolute atomic E-state index is 12.2. The minimum atomic E-state index is -3.09. The fraction of sp³-hybridized carbons (Fsp3) is 1.00. The summed E-state index contributed by atoms with van der Waals surface area (Å²) in [6.45, 7) is 0.754. The van der Waals surface area contributed by atoms with Gasteiger partial charge >= 0.3 is 0 Å². The van der Waals surface area contributed by atoms with Gasteiger partial charge in [-0.25, -0.2) is 8.42 Å². The highest BCUT2D eigenvalue weighted by molar-refractivity contribution is 7.89. The van der Waals surface area contributed by atoms with Gasteiger partial charge in [0.05, 0.1) is 5.75 Å². The van der Waals surface area contributed by atoms with Gasteiger partial charge in [-0.15, -0.1) is 0 Å². The molecule has 0 amide bonds. The molecule has 2 saturated carbocycles. The van der Waals surface area contributed by atoms with E-state index in [-0.39, 0.29) is 11.8 Å². The van der Waals surface area contributed by atoms with Gasteiger partial charge in [0.25, 0.3) is 0 Å². The summed E-state index contributed by atoms with van der Waals surface area (Å²) in [6, 6.07) is 0.158. The number of rotatable bonds is 4. The number of nitrogens with two attached hydrogens (primary N) is 1. The van der Waals surface area contributed by atoms with Gasteiger partial charge in [0.15, 0.2) is 0 Å². The summed E-state index contributed by atoms with van der Waals surface area (Å²) in [6.07, 6.45) is 5.58. The third-order valence-corrected chi connectivity index (χ3v) is 6.31. The third kappa shape index (κ3) is 1.89. The molecule has 4 nitrogen and oxygen atoms in total. The Hall–Kier alpha value is -0.130. The average molecular weight is 244 g/mol. The topological polar surface area (TPSA) is 63.4 Å². The minimum Gasteiger partial charge on any atom is -0.326 e. The maximum atomic E-state index is 12.2. The van der Waals surface area contributed by atoms with Gasteiger partial charge in [0.2, 0.25) is 10.0 Å². The highest BCUT2D eigenvalue weighted by Gasteiger charge is 2.44. The second kappa shape index (κ2) is 3.68. The Morgan fingerprint density at radius 2 is 2.00 bits per heavy atom. The number of fused-ring (bicyclic) bond motifs is 2. The molecule has 2 bridgehead atoms. The number of nitrogens with zero attached hydrogens (tertiary/aromatic N) is 1. The summed E-state index contributed by atoms with van der Waals surface area (Å²) < 4.78 is 26.2. The molecule has 3 atom stereocenters. The van der Waals surface area contributed by atoms with E-state index in [1.807, 2.05) is 0 Å². The van der Waals surface area contributed by atoms with E-state index >= 15 is 0 Å². The van der Waals surface area contributed by atoms with Gasteiger partial charge < -0.3 is 5.73 Å². The smallest absolute Gasteiger partial charge is 0.215 e. The second-order valence-corrected chi connectivity index (χ2v) is 7.65. The Bertz CT molecular complexity index is 377. The first-order chi connectivity index (χ1) is 7.56. The zero-order chi connectivity index (χ0) is 11.3. The molecule has 1 saturated heterocycles. The van der Waals surface area contributed by atoms with E-state index in [1.165, 1.54) is 6.42 Å². The summed E-state index contributed by atoms with van der Waals surface area (Å²) in [7, 11) is -3.09. The molecule has 1 heterocycles. The van der Waals surface area contributed by atoms with E-state index in [1.54, 1.807) is 4.31 Å². The Labute approximate surface area is 97.2 Å². The van der Waals surface area contributed by atoms with Crippen molar-refractivity contribution in [1.29, 1.82) is 0 Å². The molecule has 16 heavy (non-hydrogen) atoms. The molecule has 2 N–H and O–H groups in total. The lowest BCUT2D eigenvalue weighted by atomic mass is 10.1. The number of sulfonamides is 1. The highest BCUT2D eigenvalue weighted by Crippen LogP contribution is 2.40. The van der Waals surface area contributed by atoms with Crippen LogP contribution in [0.15, 0.2) is 0 Å². The fourth-order valence-electron chi connectivity index (χ4n) is 3.22. The van der Waals surface area contributed by atoms with E-state index in [0.29, 0.717) is 17.9 Å². The molecule has 0 aromatic carbocycles. The Balaban J connectivity index is 1.68. The predicted molar refractivity (Wildman–Crippen MR) is 62.3 cm³/mol. The van der Waals surface area contributed by atoms with Crippen molar-refractivity contribution in [2.75, 3.05) is 12.3 Å². The first-order valence-electron chi connectivity index (χ1n) is 6.31. The average Bonchev–Trinajstić information content (AvgIpc) is 2.86. The van der Waals surface area contributed by atoms with Crippen LogP contribution in [0.2, 0.25) is 0 Å². The molecule has 3 fully saturated rings. The van der Waals surface area contributed by atoms with E-state index < -0.39 is 10.0 Å². The first-order valence-corrected chi connectivity index (χ1v) is 7.92. The van der Waals surface area contributed by atoms with Crippen LogP contribution in [-0.4, -0.2) is 37.1 Å². The van der Waals surface area contributed by atoms with Crippen molar-refractivity contribution in [3.63, 3.8) is 0 Å². The zero-order valence-electron chi connectivity index (χ0n) is 9.51. The zero-order valence-corrected chi connectivity index (χ0v) is 10.3. The standard InChI is InChI=1S/C11H20N2O2S/c12-11(9-2-3-9)7-16(14,15)13-6-8-1-4-10(13)5-8/h8-11H,1-7,12H2. The van der Waals surface area contributed by atoms with E-state index in [9.17, 15) is 8.42 Å². The van der Waals surface area contributed by atoms with Gasteiger partial charge in [-0.1, -0.05) is 0 Å². The molecule has 3 rings (SSSR count). The van der Waals surface area contributed by atoms with Crippen molar-refractivity contribution in [2.45, 2.75) is 44.2 Å². The summed E-state index contributed by atoms with van der Waals surface area (Å²) in [4.78, 5) is 0. The van der Waals surface area contributed by atoms with Crippen LogP contribution >= 0.6 is 0 Å². The van der Waals surface area contributed by atoms with Crippen molar-refractivity contribution in [1.82, 2.24) is 4.31 Å². The lowest BCUT2D eigenvalue weighted by Crippen LogP contribution is -2.44. The summed E-state index contributed by atoms with van der Waals surface area (Å²) in [5, 5.41) is 0. The normalized spacial score (nSPS) is 36.8. The van der Waals surface area contributed by atoms with Crippen LogP contribution in [0, 0.1) is 11.8 Å². The van der Waals surface area contributed by atoms with Gasteiger partial charge in [-0.05, 0) is 43.9 Å². The monoisotopic (exact) mass is 244 g/mol. The van der Waals surface area contributed by atoms with Crippen molar-refractivity contribution >= 4 is 10.0 Å². The number of hydrogen-bond acceptors (Lipinski definition) is 3. The summed E-state index contributed by atoms with van der Waals surface area (Å²) >= 11 is 0. The Kier molecular flexibility index (Phi) is 2.53. The van der Waals surface area contributed by atoms with Crippen LogP contribution in [0.4, 0.5) is 0 Å². The molecule has 5 heteroatoms. The molecule has 1 aliphatic heterocycles. The lowest BCUT2D eigenvalue weighted by molar-refractivity contribution is 0.332. The van der Waals surface area contributed by atoms with Crippen molar-refractivity contribution < 1.29 is 8.42 Å². The molecule has 0 aromatic rings. The molecule has 0 aromatic heterocycles. The number of hydrogen-bond donors (Lipinski definition) is 1. The summed E-state index contributed by atoms with van der Waals surface area (Å²) in [5.41, 5.74) is 5.92. The van der Waals surface area contributed by atoms with Crippen LogP contribution in [-0.2, 0) is 10.0 Å². The molecular formula is C11H20N2O2S. The molecule has 0 radical (unpaired) electrons. The molecule has 3 aliphatic rings. The molecule has 0 spiro atoms. The van der Waals surface area contributed by atoms with Gasteiger partial charge in [-0.2, -0.15) is 4.31 Å². The molecule has 2 aliphatic carbocycles. The maximum Gasteiger partial charge on any atom is 0.215 e. The van der Waals surface area contributed by atoms with Crippen LogP contribution in [0.3, 0.4) is 0 Å². The molecule has 92 valence electrons. The first kappa shape index (κ1) is 11.0. The van der Waals surface area contributed by atoms with Crippen molar-refractivity contribution in [2.24, 2.45) is 17.6 Å². The van der Waals surface area contributed by atoms with Crippen LogP contribution in [0.25, 0.3) is 0 Å². The summed E-state index contributed by atoms with van der Waals surface area (Å²) in [5.74, 6) is 1.26. The number of piperidine rings is 1. The van der Waals surface area contributed by atoms with Gasteiger partial charge in [0.1, 0.15) is 0 Å². The van der Waals surface area contributed by atoms with Crippen molar-refractivity contribution in [3.05, 3.63) is 0 Å². The van der Waals surface area contributed by atoms with E-state index in [2.05, 4.69) is 0 Å². The van der Waals surface area contributed by atoms with Crippen molar-refractivity contribution in [3.8, 4) is 0 Å². The van der Waals surface area contributed by atoms with Gasteiger partial charge in [0, 0.05) is 18.6 Å². The van der Waals surface area contributed by atoms with E-state index in [4.69, 9.17) is 5.73 Å². The fourth-order valence-corrected chi connectivity index (χ4v) is 5.25. The third-order valence-electron chi connectivity index (χ3n) is 4.35. The van der Waals surface area contributed by atoms with Crippen LogP contribution < -0.4 is 5.73 Å². The Morgan fingerprint density at radius 1 is 1.25 bits per heavy atom. The second-order valence-electron chi connectivity index (χ2n) is 5.68. The largest absolute Gasteiger partial charge is 0.326 e. The predicted octanol–water partition coefficient (Wildman–Crippen LogP) is 0.538. The van der Waals surface area contributed by atoms with Crippen LogP contribution in [0.1, 0.15) is 32.1 Å². The highest BCUT2D eigenvalue weighted by atomic mass is 32.2.